The number of H-pyrrole nitrogens is 1. The Kier molecular flexibility index (Phi) is 5.88. The minimum Gasteiger partial charge on any atom is -0.482 e. The van der Waals surface area contributed by atoms with Crippen molar-refractivity contribution >= 4 is 48.7 Å². The van der Waals surface area contributed by atoms with Gasteiger partial charge in [-0.1, -0.05) is 13.3 Å². The lowest BCUT2D eigenvalue weighted by Crippen LogP contribution is -2.09. The summed E-state index contributed by atoms with van der Waals surface area (Å²) in [5.41, 5.74) is 2.35. The Balaban J connectivity index is 1.87. The topological polar surface area (TPSA) is 71.5 Å². The number of carboxylic acids is 1. The number of nitrogens with one attached hydrogen (secondary N) is 1. The van der Waals surface area contributed by atoms with Crippen molar-refractivity contribution in [1.82, 2.24) is 4.98 Å². The second-order valence-corrected chi connectivity index (χ2v) is 7.48. The summed E-state index contributed by atoms with van der Waals surface area (Å²) in [7, 11) is 0. The Hall–Kier alpha value is -1.99. The molecule has 7 heteroatoms. The van der Waals surface area contributed by atoms with E-state index in [2.05, 4.69) is 43.8 Å². The molecule has 0 aliphatic carbocycles. The van der Waals surface area contributed by atoms with E-state index in [1.165, 1.54) is 5.56 Å². The molecule has 136 valence electrons. The number of hydrogen-bond donors (Lipinski definition) is 2. The van der Waals surface area contributed by atoms with Gasteiger partial charge in [-0.2, -0.15) is 0 Å². The third kappa shape index (κ3) is 4.22. The van der Waals surface area contributed by atoms with Crippen LogP contribution in [0.4, 0.5) is 0 Å². The van der Waals surface area contributed by atoms with Crippen molar-refractivity contribution in [2.75, 3.05) is 6.61 Å². The summed E-state index contributed by atoms with van der Waals surface area (Å²) in [5, 5.41) is 9.87. The average Bonchev–Trinajstić information content (AvgIpc) is 2.99. The standard InChI is InChI=1S/C19H17Br2NO4/c1-2-3-11-9-22-17-5-4-12(6-14(11)17)26-19-15(20)7-13(8-16(19)21)25-10-18(23)24/h4-9,22H,2-3,10H2,1H3,(H,23,24). The molecule has 0 atom stereocenters. The normalized spacial score (nSPS) is 10.9. The van der Waals surface area contributed by atoms with Gasteiger partial charge >= 0.3 is 5.97 Å². The Morgan fingerprint density at radius 1 is 1.15 bits per heavy atom. The van der Waals surface area contributed by atoms with E-state index in [0.29, 0.717) is 20.4 Å². The van der Waals surface area contributed by atoms with Crippen LogP contribution < -0.4 is 9.47 Å². The molecule has 3 aromatic rings. The number of halogens is 2. The molecule has 0 radical (unpaired) electrons. The van der Waals surface area contributed by atoms with Gasteiger partial charge in [0, 0.05) is 17.1 Å². The van der Waals surface area contributed by atoms with Crippen LogP contribution in [0.5, 0.6) is 17.2 Å². The first-order valence-electron chi connectivity index (χ1n) is 8.09. The van der Waals surface area contributed by atoms with Gasteiger partial charge in [0.15, 0.2) is 12.4 Å². The molecule has 1 heterocycles. The summed E-state index contributed by atoms with van der Waals surface area (Å²) in [4.78, 5) is 13.9. The Morgan fingerprint density at radius 2 is 1.88 bits per heavy atom. The van der Waals surface area contributed by atoms with E-state index in [0.717, 1.165) is 29.5 Å². The molecule has 0 saturated heterocycles. The molecule has 2 N–H and O–H groups in total. The molecule has 26 heavy (non-hydrogen) atoms. The van der Waals surface area contributed by atoms with Crippen LogP contribution in [0, 0.1) is 0 Å². The van der Waals surface area contributed by atoms with E-state index < -0.39 is 12.6 Å². The van der Waals surface area contributed by atoms with Crippen LogP contribution >= 0.6 is 31.9 Å². The number of benzene rings is 2. The molecule has 0 unspecified atom stereocenters. The molecule has 5 nitrogen and oxygen atoms in total. The molecule has 3 rings (SSSR count). The van der Waals surface area contributed by atoms with Gasteiger partial charge in [-0.3, -0.25) is 0 Å². The van der Waals surface area contributed by atoms with Crippen molar-refractivity contribution in [2.45, 2.75) is 19.8 Å². The summed E-state index contributed by atoms with van der Waals surface area (Å²) in [6.45, 7) is 1.75. The predicted octanol–water partition coefficient (Wildman–Crippen LogP) is 5.90. The van der Waals surface area contributed by atoms with E-state index in [9.17, 15) is 4.79 Å². The zero-order valence-electron chi connectivity index (χ0n) is 14.0. The molecule has 1 aromatic heterocycles. The average molecular weight is 483 g/mol. The van der Waals surface area contributed by atoms with Gasteiger partial charge in [-0.05, 0) is 74.2 Å². The van der Waals surface area contributed by atoms with Crippen LogP contribution in [-0.2, 0) is 11.2 Å². The second kappa shape index (κ2) is 8.14. The van der Waals surface area contributed by atoms with E-state index in [4.69, 9.17) is 14.6 Å². The number of carbonyl (C=O) groups is 1. The number of aromatic nitrogens is 1. The van der Waals surface area contributed by atoms with Gasteiger partial charge in [-0.25, -0.2) is 4.79 Å². The van der Waals surface area contributed by atoms with Crippen molar-refractivity contribution in [3.63, 3.8) is 0 Å². The number of aromatic amines is 1. The smallest absolute Gasteiger partial charge is 0.341 e. The van der Waals surface area contributed by atoms with Crippen molar-refractivity contribution in [2.24, 2.45) is 0 Å². The number of fused-ring (bicyclic) bond motifs is 1. The zero-order chi connectivity index (χ0) is 18.7. The van der Waals surface area contributed by atoms with Crippen LogP contribution in [0.1, 0.15) is 18.9 Å². The van der Waals surface area contributed by atoms with Crippen LogP contribution in [0.3, 0.4) is 0 Å². The zero-order valence-corrected chi connectivity index (χ0v) is 17.2. The first kappa shape index (κ1) is 18.8. The Morgan fingerprint density at radius 3 is 2.54 bits per heavy atom. The van der Waals surface area contributed by atoms with Gasteiger partial charge in [-0.15, -0.1) is 0 Å². The number of aryl methyl sites for hydroxylation is 1. The molecule has 0 saturated carbocycles. The van der Waals surface area contributed by atoms with E-state index in [1.54, 1.807) is 12.1 Å². The molecule has 0 aliphatic rings. The molecule has 0 amide bonds. The van der Waals surface area contributed by atoms with Gasteiger partial charge in [0.2, 0.25) is 0 Å². The largest absolute Gasteiger partial charge is 0.482 e. The van der Waals surface area contributed by atoms with E-state index in [1.807, 2.05) is 24.4 Å². The lowest BCUT2D eigenvalue weighted by Gasteiger charge is -2.12. The van der Waals surface area contributed by atoms with Crippen LogP contribution in [-0.4, -0.2) is 22.7 Å². The summed E-state index contributed by atoms with van der Waals surface area (Å²) in [6.07, 6.45) is 4.12. The van der Waals surface area contributed by atoms with E-state index >= 15 is 0 Å². The molecular weight excluding hydrogens is 466 g/mol. The summed E-state index contributed by atoms with van der Waals surface area (Å²) < 4.78 is 12.6. The van der Waals surface area contributed by atoms with Crippen molar-refractivity contribution in [1.29, 1.82) is 0 Å². The highest BCUT2D eigenvalue weighted by Gasteiger charge is 2.13. The highest BCUT2D eigenvalue weighted by Crippen LogP contribution is 2.40. The fourth-order valence-corrected chi connectivity index (χ4v) is 3.98. The number of rotatable bonds is 7. The molecule has 0 aliphatic heterocycles. The fraction of sp³-hybridized carbons (Fsp3) is 0.211. The van der Waals surface area contributed by atoms with Crippen LogP contribution in [0.15, 0.2) is 45.5 Å². The lowest BCUT2D eigenvalue weighted by molar-refractivity contribution is -0.139. The first-order valence-corrected chi connectivity index (χ1v) is 9.68. The van der Waals surface area contributed by atoms with Gasteiger partial charge in [0.05, 0.1) is 8.95 Å². The molecule has 0 spiro atoms. The quantitative estimate of drug-likeness (QED) is 0.439. The third-order valence-electron chi connectivity index (χ3n) is 3.81. The number of ether oxygens (including phenoxy) is 2. The Labute approximate surface area is 167 Å². The van der Waals surface area contributed by atoms with Gasteiger partial charge in [0.1, 0.15) is 11.5 Å². The molecule has 0 bridgehead atoms. The minimum atomic E-state index is -1.03. The van der Waals surface area contributed by atoms with E-state index in [-0.39, 0.29) is 0 Å². The van der Waals surface area contributed by atoms with Crippen LogP contribution in [0.25, 0.3) is 10.9 Å². The molecular formula is C19H17Br2NO4. The van der Waals surface area contributed by atoms with Gasteiger partial charge in [0.25, 0.3) is 0 Å². The highest BCUT2D eigenvalue weighted by molar-refractivity contribution is 9.11. The lowest BCUT2D eigenvalue weighted by atomic mass is 10.1. The van der Waals surface area contributed by atoms with Crippen molar-refractivity contribution in [3.05, 3.63) is 51.0 Å². The summed E-state index contributed by atoms with van der Waals surface area (Å²) in [5.74, 6) is 0.722. The Bertz CT molecular complexity index is 929. The maximum absolute atomic E-state index is 10.6. The summed E-state index contributed by atoms with van der Waals surface area (Å²) >= 11 is 6.91. The summed E-state index contributed by atoms with van der Waals surface area (Å²) in [6, 6.07) is 9.28. The maximum Gasteiger partial charge on any atom is 0.341 e. The predicted molar refractivity (Wildman–Crippen MR) is 107 cm³/mol. The second-order valence-electron chi connectivity index (χ2n) is 5.77. The van der Waals surface area contributed by atoms with Crippen LogP contribution in [0.2, 0.25) is 0 Å². The highest BCUT2D eigenvalue weighted by atomic mass is 79.9. The number of carboxylic acid groups (broad SMARTS) is 1. The first-order chi connectivity index (χ1) is 12.5. The number of aliphatic carboxylic acids is 1. The third-order valence-corrected chi connectivity index (χ3v) is 4.99. The SMILES string of the molecule is CCCc1c[nH]c2ccc(Oc3c(Br)cc(OCC(=O)O)cc3Br)cc12. The fourth-order valence-electron chi connectivity index (χ4n) is 2.68. The van der Waals surface area contributed by atoms with Gasteiger partial charge < -0.3 is 19.6 Å². The molecule has 2 aromatic carbocycles. The van der Waals surface area contributed by atoms with Crippen molar-refractivity contribution in [3.8, 4) is 17.2 Å². The minimum absolute atomic E-state index is 0.399. The number of hydrogen-bond acceptors (Lipinski definition) is 3. The monoisotopic (exact) mass is 481 g/mol. The maximum atomic E-state index is 10.6. The van der Waals surface area contributed by atoms with Crippen molar-refractivity contribution < 1.29 is 19.4 Å². The molecule has 0 fully saturated rings.